The van der Waals surface area contributed by atoms with Crippen LogP contribution in [0.25, 0.3) is 0 Å². The van der Waals surface area contributed by atoms with Crippen molar-refractivity contribution in [2.24, 2.45) is 0 Å². The molecule has 8 heavy (non-hydrogen) atoms. The SMILES string of the molecule is C=C[C](Cl)C(O)C=C. The van der Waals surface area contributed by atoms with Crippen molar-refractivity contribution in [2.45, 2.75) is 6.10 Å². The Morgan fingerprint density at radius 3 is 2.25 bits per heavy atom. The third kappa shape index (κ3) is 2.15. The van der Waals surface area contributed by atoms with Crippen molar-refractivity contribution < 1.29 is 5.11 Å². The lowest BCUT2D eigenvalue weighted by Crippen LogP contribution is -2.06. The molecule has 0 amide bonds. The van der Waals surface area contributed by atoms with Gasteiger partial charge in [0.25, 0.3) is 0 Å². The van der Waals surface area contributed by atoms with E-state index in [2.05, 4.69) is 13.2 Å². The second-order valence-electron chi connectivity index (χ2n) is 1.27. The van der Waals surface area contributed by atoms with Crippen LogP contribution in [0, 0.1) is 5.38 Å². The fourth-order valence-corrected chi connectivity index (χ4v) is 0.322. The average Bonchev–Trinajstić information content (AvgIpc) is 1.84. The number of hydrogen-bond donors (Lipinski definition) is 1. The molecule has 0 aliphatic rings. The monoisotopic (exact) mass is 131 g/mol. The zero-order chi connectivity index (χ0) is 6.57. The van der Waals surface area contributed by atoms with E-state index in [0.717, 1.165) is 0 Å². The molecule has 1 nitrogen and oxygen atoms in total. The molecule has 1 atom stereocenters. The van der Waals surface area contributed by atoms with Gasteiger partial charge in [-0.05, 0) is 0 Å². The minimum absolute atomic E-state index is 0.306. The Kier molecular flexibility index (Phi) is 3.57. The van der Waals surface area contributed by atoms with Crippen molar-refractivity contribution in [1.29, 1.82) is 0 Å². The molecule has 0 aromatic carbocycles. The zero-order valence-corrected chi connectivity index (χ0v) is 5.23. The molecule has 0 saturated carbocycles. The summed E-state index contributed by atoms with van der Waals surface area (Å²) in [5.41, 5.74) is 0. The van der Waals surface area contributed by atoms with Crippen LogP contribution < -0.4 is 0 Å². The molecule has 2 heteroatoms. The summed E-state index contributed by atoms with van der Waals surface area (Å²) < 4.78 is 0. The van der Waals surface area contributed by atoms with Crippen LogP contribution in [0.3, 0.4) is 0 Å². The van der Waals surface area contributed by atoms with Crippen molar-refractivity contribution in [3.05, 3.63) is 30.7 Å². The summed E-state index contributed by atoms with van der Waals surface area (Å²) in [4.78, 5) is 0. The van der Waals surface area contributed by atoms with Gasteiger partial charge in [-0.15, -0.1) is 24.8 Å². The maximum absolute atomic E-state index is 8.77. The molecule has 1 N–H and O–H groups in total. The topological polar surface area (TPSA) is 20.2 Å². The van der Waals surface area contributed by atoms with Gasteiger partial charge in [-0.2, -0.15) is 0 Å². The molecule has 0 aromatic heterocycles. The quantitative estimate of drug-likeness (QED) is 0.576. The van der Waals surface area contributed by atoms with Gasteiger partial charge in [0.15, 0.2) is 0 Å². The summed E-state index contributed by atoms with van der Waals surface area (Å²) in [6.07, 6.45) is 1.96. The predicted octanol–water partition coefficient (Wildman–Crippen LogP) is 1.49. The molecule has 0 rings (SSSR count). The summed E-state index contributed by atoms with van der Waals surface area (Å²) in [6.45, 7) is 6.68. The smallest absolute Gasteiger partial charge is 0.117 e. The molecule has 1 radical (unpaired) electrons. The maximum atomic E-state index is 8.77. The molecular weight excluding hydrogens is 124 g/mol. The van der Waals surface area contributed by atoms with Crippen molar-refractivity contribution in [3.8, 4) is 0 Å². The molecule has 45 valence electrons. The largest absolute Gasteiger partial charge is 0.387 e. The highest BCUT2D eigenvalue weighted by Crippen LogP contribution is 2.12. The fourth-order valence-electron chi connectivity index (χ4n) is 0.233. The number of aliphatic hydroxyl groups excluding tert-OH is 1. The Morgan fingerprint density at radius 1 is 1.62 bits per heavy atom. The van der Waals surface area contributed by atoms with E-state index in [1.54, 1.807) is 0 Å². The average molecular weight is 132 g/mol. The van der Waals surface area contributed by atoms with Crippen LogP contribution in [0.15, 0.2) is 25.3 Å². The van der Waals surface area contributed by atoms with E-state index in [-0.39, 0.29) is 0 Å². The van der Waals surface area contributed by atoms with Crippen molar-refractivity contribution in [2.75, 3.05) is 0 Å². The van der Waals surface area contributed by atoms with Crippen molar-refractivity contribution >= 4 is 11.6 Å². The molecule has 0 aromatic rings. The minimum atomic E-state index is -0.755. The van der Waals surface area contributed by atoms with E-state index in [4.69, 9.17) is 16.7 Å². The number of halogens is 1. The summed E-state index contributed by atoms with van der Waals surface area (Å²) in [6, 6.07) is 0. The lowest BCUT2D eigenvalue weighted by atomic mass is 10.2. The van der Waals surface area contributed by atoms with Crippen LogP contribution in [0.2, 0.25) is 0 Å². The van der Waals surface area contributed by atoms with Crippen LogP contribution >= 0.6 is 11.6 Å². The summed E-state index contributed by atoms with van der Waals surface area (Å²) >= 11 is 5.39. The van der Waals surface area contributed by atoms with Gasteiger partial charge >= 0.3 is 0 Å². The van der Waals surface area contributed by atoms with Gasteiger partial charge in [0, 0.05) is 0 Å². The van der Waals surface area contributed by atoms with Crippen LogP contribution in [0.1, 0.15) is 0 Å². The standard InChI is InChI=1S/C6H8ClO/c1-3-5(7)6(8)4-2/h3-4,6,8H,1-2H2. The second kappa shape index (κ2) is 3.70. The Morgan fingerprint density at radius 2 is 2.12 bits per heavy atom. The fraction of sp³-hybridized carbons (Fsp3) is 0.167. The van der Waals surface area contributed by atoms with Gasteiger partial charge in [-0.3, -0.25) is 0 Å². The highest BCUT2D eigenvalue weighted by molar-refractivity contribution is 6.28. The van der Waals surface area contributed by atoms with Gasteiger partial charge in [-0.25, -0.2) is 0 Å². The molecular formula is C6H8ClO. The molecule has 0 aliphatic heterocycles. The van der Waals surface area contributed by atoms with Gasteiger partial charge in [0.1, 0.15) is 5.38 Å². The Labute approximate surface area is 54.3 Å². The van der Waals surface area contributed by atoms with E-state index in [9.17, 15) is 0 Å². The highest BCUT2D eigenvalue weighted by atomic mass is 35.5. The lowest BCUT2D eigenvalue weighted by Gasteiger charge is -2.04. The maximum Gasteiger partial charge on any atom is 0.117 e. The van der Waals surface area contributed by atoms with Crippen LogP contribution in [0.5, 0.6) is 0 Å². The van der Waals surface area contributed by atoms with Gasteiger partial charge in [-0.1, -0.05) is 12.2 Å². The van der Waals surface area contributed by atoms with Gasteiger partial charge in [0.05, 0.1) is 6.10 Å². The number of hydrogen-bond acceptors (Lipinski definition) is 1. The van der Waals surface area contributed by atoms with E-state index in [1.807, 2.05) is 0 Å². The molecule has 0 saturated heterocycles. The van der Waals surface area contributed by atoms with Crippen LogP contribution in [0.4, 0.5) is 0 Å². The Bertz CT molecular complexity index is 78.5. The predicted molar refractivity (Wildman–Crippen MR) is 35.5 cm³/mol. The summed E-state index contributed by atoms with van der Waals surface area (Å²) in [7, 11) is 0. The first-order valence-corrected chi connectivity index (χ1v) is 2.55. The van der Waals surface area contributed by atoms with Gasteiger partial charge in [0.2, 0.25) is 0 Å². The highest BCUT2D eigenvalue weighted by Gasteiger charge is 2.07. The lowest BCUT2D eigenvalue weighted by molar-refractivity contribution is 0.254. The van der Waals surface area contributed by atoms with Crippen molar-refractivity contribution in [3.63, 3.8) is 0 Å². The van der Waals surface area contributed by atoms with Crippen LogP contribution in [-0.4, -0.2) is 11.2 Å². The number of aliphatic hydroxyl groups is 1. The molecule has 0 fully saturated rings. The third-order valence-electron chi connectivity index (χ3n) is 0.701. The second-order valence-corrected chi connectivity index (χ2v) is 1.71. The first kappa shape index (κ1) is 7.73. The van der Waals surface area contributed by atoms with Crippen LogP contribution in [-0.2, 0) is 0 Å². The van der Waals surface area contributed by atoms with Crippen molar-refractivity contribution in [1.82, 2.24) is 0 Å². The molecule has 0 aliphatic carbocycles. The minimum Gasteiger partial charge on any atom is -0.387 e. The van der Waals surface area contributed by atoms with Gasteiger partial charge < -0.3 is 5.11 Å². The van der Waals surface area contributed by atoms with E-state index in [0.29, 0.717) is 5.38 Å². The normalized spacial score (nSPS) is 13.4. The summed E-state index contributed by atoms with van der Waals surface area (Å²) in [5.74, 6) is 0. The Balaban J connectivity index is 3.60. The molecule has 0 spiro atoms. The summed E-state index contributed by atoms with van der Waals surface area (Å²) in [5, 5.41) is 9.07. The Hall–Kier alpha value is -0.270. The number of rotatable bonds is 3. The zero-order valence-electron chi connectivity index (χ0n) is 4.47. The molecule has 1 unspecified atom stereocenters. The first-order valence-electron chi connectivity index (χ1n) is 2.17. The first-order chi connectivity index (χ1) is 3.72. The van der Waals surface area contributed by atoms with E-state index >= 15 is 0 Å². The third-order valence-corrected chi connectivity index (χ3v) is 1.08. The molecule has 0 heterocycles. The molecule has 0 bridgehead atoms. The van der Waals surface area contributed by atoms with E-state index in [1.165, 1.54) is 12.2 Å². The van der Waals surface area contributed by atoms with E-state index < -0.39 is 6.10 Å².